The smallest absolute Gasteiger partial charge is 0.307 e. The van der Waals surface area contributed by atoms with Crippen molar-refractivity contribution < 1.29 is 24.5 Å². The van der Waals surface area contributed by atoms with Gasteiger partial charge in [-0.25, -0.2) is 0 Å². The van der Waals surface area contributed by atoms with Gasteiger partial charge < -0.3 is 19.5 Å². The third kappa shape index (κ3) is 6.61. The number of thiophene rings is 1. The first-order chi connectivity index (χ1) is 17.0. The van der Waals surface area contributed by atoms with Crippen LogP contribution in [0, 0.1) is 0 Å². The van der Waals surface area contributed by atoms with Crippen LogP contribution in [0.3, 0.4) is 0 Å². The lowest BCUT2D eigenvalue weighted by molar-refractivity contribution is -0.137. The zero-order valence-corrected chi connectivity index (χ0v) is 20.0. The molecule has 2 aromatic heterocycles. The molecular weight excluding hydrogens is 462 g/mol. The lowest BCUT2D eigenvalue weighted by Gasteiger charge is -2.06. The number of hydrogen-bond donors (Lipinski definition) is 2. The van der Waals surface area contributed by atoms with Gasteiger partial charge >= 0.3 is 11.9 Å². The predicted octanol–water partition coefficient (Wildman–Crippen LogP) is 5.99. The summed E-state index contributed by atoms with van der Waals surface area (Å²) >= 11 is 1.69. The monoisotopic (exact) mass is 489 g/mol. The van der Waals surface area contributed by atoms with Crippen LogP contribution in [0.25, 0.3) is 23.1 Å². The van der Waals surface area contributed by atoms with Crippen LogP contribution in [0.2, 0.25) is 0 Å². The van der Waals surface area contributed by atoms with Crippen molar-refractivity contribution in [2.45, 2.75) is 32.2 Å². The summed E-state index contributed by atoms with van der Waals surface area (Å²) in [4.78, 5) is 22.4. The molecule has 0 atom stereocenters. The maximum atomic E-state index is 11.5. The molecule has 0 saturated carbocycles. The van der Waals surface area contributed by atoms with Gasteiger partial charge in [0.1, 0.15) is 5.75 Å². The van der Waals surface area contributed by atoms with E-state index in [2.05, 4.69) is 16.8 Å². The van der Waals surface area contributed by atoms with E-state index in [0.29, 0.717) is 19.6 Å². The average Bonchev–Trinajstić information content (AvgIpc) is 3.47. The van der Waals surface area contributed by atoms with Gasteiger partial charge in [0, 0.05) is 36.5 Å². The second kappa shape index (κ2) is 11.5. The highest BCUT2D eigenvalue weighted by atomic mass is 32.1. The molecule has 0 aliphatic rings. The number of nitrogens with zero attached hydrogens (tertiary/aromatic N) is 1. The SMILES string of the molecule is O=C(O)CCCn1cc(CC(=O)O)c2c(/C=C/c3ccc(OCCc4ccsc4)cc3)cccc21. The van der Waals surface area contributed by atoms with Gasteiger partial charge in [-0.05, 0) is 63.7 Å². The normalized spacial score (nSPS) is 11.3. The molecule has 2 heterocycles. The van der Waals surface area contributed by atoms with Crippen molar-refractivity contribution in [3.63, 3.8) is 0 Å². The van der Waals surface area contributed by atoms with Crippen LogP contribution in [-0.4, -0.2) is 33.3 Å². The average molecular weight is 490 g/mol. The summed E-state index contributed by atoms with van der Waals surface area (Å²) in [5.74, 6) is -0.917. The van der Waals surface area contributed by atoms with E-state index < -0.39 is 11.9 Å². The van der Waals surface area contributed by atoms with E-state index >= 15 is 0 Å². The number of aliphatic carboxylic acids is 2. The molecule has 0 aliphatic heterocycles. The number of carbonyl (C=O) groups is 2. The Bertz CT molecular complexity index is 1320. The number of carboxylic acid groups (broad SMARTS) is 2. The minimum Gasteiger partial charge on any atom is -0.493 e. The van der Waals surface area contributed by atoms with Gasteiger partial charge in [-0.1, -0.05) is 36.4 Å². The summed E-state index contributed by atoms with van der Waals surface area (Å²) in [7, 11) is 0. The molecule has 2 aromatic carbocycles. The van der Waals surface area contributed by atoms with Gasteiger partial charge in [0.05, 0.1) is 13.0 Å². The predicted molar refractivity (Wildman–Crippen MR) is 139 cm³/mol. The summed E-state index contributed by atoms with van der Waals surface area (Å²) < 4.78 is 7.80. The first kappa shape index (κ1) is 24.3. The van der Waals surface area contributed by atoms with Gasteiger partial charge in [0.15, 0.2) is 0 Å². The molecule has 180 valence electrons. The molecule has 0 bridgehead atoms. The molecule has 0 spiro atoms. The Hall–Kier alpha value is -3.84. The van der Waals surface area contributed by atoms with Gasteiger partial charge in [0.2, 0.25) is 0 Å². The van der Waals surface area contributed by atoms with Crippen molar-refractivity contribution in [1.29, 1.82) is 0 Å². The number of rotatable bonds is 12. The molecule has 0 aliphatic carbocycles. The van der Waals surface area contributed by atoms with Crippen molar-refractivity contribution in [3.8, 4) is 5.75 Å². The number of fused-ring (bicyclic) bond motifs is 1. The minimum atomic E-state index is -0.900. The Morgan fingerprint density at radius 2 is 1.83 bits per heavy atom. The topological polar surface area (TPSA) is 88.8 Å². The maximum Gasteiger partial charge on any atom is 0.307 e. The summed E-state index contributed by atoms with van der Waals surface area (Å²) in [6.07, 6.45) is 7.15. The quantitative estimate of drug-likeness (QED) is 0.239. The summed E-state index contributed by atoms with van der Waals surface area (Å²) in [5.41, 5.74) is 4.84. The molecule has 4 rings (SSSR count). The summed E-state index contributed by atoms with van der Waals surface area (Å²) in [6, 6.07) is 15.8. The van der Waals surface area contributed by atoms with E-state index in [4.69, 9.17) is 9.84 Å². The molecule has 35 heavy (non-hydrogen) atoms. The first-order valence-electron chi connectivity index (χ1n) is 11.5. The van der Waals surface area contributed by atoms with Gasteiger partial charge in [0.25, 0.3) is 0 Å². The number of benzene rings is 2. The number of ether oxygens (including phenoxy) is 1. The van der Waals surface area contributed by atoms with Gasteiger partial charge in [-0.3, -0.25) is 9.59 Å². The fourth-order valence-electron chi connectivity index (χ4n) is 4.07. The van der Waals surface area contributed by atoms with E-state index in [-0.39, 0.29) is 12.8 Å². The molecule has 2 N–H and O–H groups in total. The molecule has 7 heteroatoms. The highest BCUT2D eigenvalue weighted by Gasteiger charge is 2.14. The van der Waals surface area contributed by atoms with Gasteiger partial charge in [-0.2, -0.15) is 11.3 Å². The second-order valence-electron chi connectivity index (χ2n) is 8.29. The molecule has 6 nitrogen and oxygen atoms in total. The molecule has 0 amide bonds. The zero-order chi connectivity index (χ0) is 24.6. The summed E-state index contributed by atoms with van der Waals surface area (Å²) in [6.45, 7) is 1.15. The second-order valence-corrected chi connectivity index (χ2v) is 9.07. The van der Waals surface area contributed by atoms with Crippen molar-refractivity contribution in [1.82, 2.24) is 4.57 Å². The van der Waals surface area contributed by atoms with Crippen LogP contribution in [0.1, 0.15) is 35.1 Å². The van der Waals surface area contributed by atoms with Crippen LogP contribution in [0.15, 0.2) is 65.5 Å². The largest absolute Gasteiger partial charge is 0.493 e. The van der Waals surface area contributed by atoms with Crippen molar-refractivity contribution in [2.24, 2.45) is 0 Å². The van der Waals surface area contributed by atoms with Crippen molar-refractivity contribution in [2.75, 3.05) is 6.61 Å². The van der Waals surface area contributed by atoms with Crippen molar-refractivity contribution >= 4 is 46.3 Å². The van der Waals surface area contributed by atoms with Crippen LogP contribution in [0.4, 0.5) is 0 Å². The molecule has 0 unspecified atom stereocenters. The number of aromatic nitrogens is 1. The fourth-order valence-corrected chi connectivity index (χ4v) is 4.78. The number of carboxylic acids is 2. The number of hydrogen-bond acceptors (Lipinski definition) is 4. The highest BCUT2D eigenvalue weighted by molar-refractivity contribution is 7.07. The number of aryl methyl sites for hydroxylation is 1. The van der Waals surface area contributed by atoms with E-state index in [1.54, 1.807) is 11.3 Å². The van der Waals surface area contributed by atoms with E-state index in [9.17, 15) is 14.7 Å². The molecular formula is C28H27NO5S. The molecule has 0 fully saturated rings. The van der Waals surface area contributed by atoms with E-state index in [1.807, 2.05) is 65.4 Å². The Morgan fingerprint density at radius 1 is 1.00 bits per heavy atom. The lowest BCUT2D eigenvalue weighted by atomic mass is 10.0. The minimum absolute atomic E-state index is 0.0707. The lowest BCUT2D eigenvalue weighted by Crippen LogP contribution is -2.01. The molecule has 0 radical (unpaired) electrons. The summed E-state index contributed by atoms with van der Waals surface area (Å²) in [5, 5.41) is 23.4. The first-order valence-corrected chi connectivity index (χ1v) is 12.4. The zero-order valence-electron chi connectivity index (χ0n) is 19.2. The highest BCUT2D eigenvalue weighted by Crippen LogP contribution is 2.28. The molecule has 4 aromatic rings. The van der Waals surface area contributed by atoms with Crippen LogP contribution >= 0.6 is 11.3 Å². The van der Waals surface area contributed by atoms with Crippen LogP contribution in [-0.2, 0) is 29.0 Å². The van der Waals surface area contributed by atoms with Gasteiger partial charge in [-0.15, -0.1) is 0 Å². The Morgan fingerprint density at radius 3 is 2.54 bits per heavy atom. The Kier molecular flexibility index (Phi) is 8.00. The van der Waals surface area contributed by atoms with Crippen molar-refractivity contribution in [3.05, 3.63) is 87.7 Å². The Balaban J connectivity index is 1.50. The third-order valence-corrected chi connectivity index (χ3v) is 6.46. The third-order valence-electron chi connectivity index (χ3n) is 5.72. The molecule has 0 saturated heterocycles. The fraction of sp³-hybridized carbons (Fsp3) is 0.214. The maximum absolute atomic E-state index is 11.5. The van der Waals surface area contributed by atoms with Crippen LogP contribution < -0.4 is 4.74 Å². The Labute approximate surface area is 207 Å². The standard InChI is InChI=1S/C28H27NO5S/c30-26(31)5-2-14-29-18-23(17-27(32)33)28-22(3-1-4-25(28)29)9-6-20-7-10-24(11-8-20)34-15-12-21-13-16-35-19-21/h1,3-4,6-11,13,16,18-19H,2,5,12,14-15,17H2,(H,30,31)(H,32,33)/b9-6+. The van der Waals surface area contributed by atoms with Crippen LogP contribution in [0.5, 0.6) is 5.75 Å². The van der Waals surface area contributed by atoms with E-state index in [1.165, 1.54) is 5.56 Å². The van der Waals surface area contributed by atoms with E-state index in [0.717, 1.165) is 39.8 Å².